The van der Waals surface area contributed by atoms with E-state index < -0.39 is 0 Å². The Morgan fingerprint density at radius 1 is 1.37 bits per heavy atom. The Kier molecular flexibility index (Phi) is 3.85. The largest absolute Gasteiger partial charge is 0.508 e. The van der Waals surface area contributed by atoms with Gasteiger partial charge in [0.1, 0.15) is 5.75 Å². The molecule has 0 aliphatic carbocycles. The van der Waals surface area contributed by atoms with Crippen LogP contribution in [0.25, 0.3) is 11.3 Å². The first-order valence-corrected chi connectivity index (χ1v) is 6.22. The number of phenols is 1. The number of hydrogen-bond acceptors (Lipinski definition) is 5. The Balaban J connectivity index is 2.30. The fraction of sp³-hybridized carbons (Fsp3) is 0.286. The van der Waals surface area contributed by atoms with Gasteiger partial charge in [-0.1, -0.05) is 26.0 Å². The van der Waals surface area contributed by atoms with Crippen molar-refractivity contribution in [2.45, 2.75) is 13.8 Å². The molecule has 0 unspecified atom stereocenters. The van der Waals surface area contributed by atoms with Crippen molar-refractivity contribution in [1.82, 2.24) is 9.97 Å². The second kappa shape index (κ2) is 5.56. The van der Waals surface area contributed by atoms with Crippen LogP contribution in [0, 0.1) is 5.92 Å². The molecule has 0 aliphatic rings. The van der Waals surface area contributed by atoms with Crippen molar-refractivity contribution in [2.75, 3.05) is 17.6 Å². The van der Waals surface area contributed by atoms with Gasteiger partial charge < -0.3 is 16.2 Å². The molecule has 0 saturated carbocycles. The van der Waals surface area contributed by atoms with Crippen molar-refractivity contribution >= 4 is 11.6 Å². The summed E-state index contributed by atoms with van der Waals surface area (Å²) in [5.41, 5.74) is 7.28. The number of aromatic hydroxyl groups is 1. The van der Waals surface area contributed by atoms with Gasteiger partial charge in [0.05, 0.1) is 11.9 Å². The van der Waals surface area contributed by atoms with Gasteiger partial charge in [-0.15, -0.1) is 0 Å². The summed E-state index contributed by atoms with van der Waals surface area (Å²) in [6.07, 6.45) is 1.60. The number of anilines is 2. The van der Waals surface area contributed by atoms with Crippen molar-refractivity contribution in [3.63, 3.8) is 0 Å². The Morgan fingerprint density at radius 2 is 2.16 bits per heavy atom. The van der Waals surface area contributed by atoms with E-state index >= 15 is 0 Å². The van der Waals surface area contributed by atoms with Crippen LogP contribution < -0.4 is 11.1 Å². The van der Waals surface area contributed by atoms with E-state index in [9.17, 15) is 5.11 Å². The molecule has 2 rings (SSSR count). The number of benzene rings is 1. The summed E-state index contributed by atoms with van der Waals surface area (Å²) in [4.78, 5) is 8.58. The number of nitrogens with one attached hydrogen (secondary N) is 1. The van der Waals surface area contributed by atoms with Crippen LogP contribution in [0.15, 0.2) is 30.5 Å². The minimum Gasteiger partial charge on any atom is -0.508 e. The maximum absolute atomic E-state index is 9.49. The Hall–Kier alpha value is -2.30. The fourth-order valence-electron chi connectivity index (χ4n) is 1.63. The summed E-state index contributed by atoms with van der Waals surface area (Å²) in [7, 11) is 0. The number of nitrogen functional groups attached to an aromatic ring is 1. The van der Waals surface area contributed by atoms with Gasteiger partial charge >= 0.3 is 0 Å². The highest BCUT2D eigenvalue weighted by molar-refractivity contribution is 5.66. The summed E-state index contributed by atoms with van der Waals surface area (Å²) >= 11 is 0. The minimum atomic E-state index is 0.202. The normalized spacial score (nSPS) is 10.7. The van der Waals surface area contributed by atoms with E-state index in [1.54, 1.807) is 24.4 Å². The molecule has 1 heterocycles. The molecule has 5 nitrogen and oxygen atoms in total. The average Bonchev–Trinajstić information content (AvgIpc) is 2.37. The summed E-state index contributed by atoms with van der Waals surface area (Å²) in [5, 5.41) is 12.7. The monoisotopic (exact) mass is 258 g/mol. The van der Waals surface area contributed by atoms with Crippen molar-refractivity contribution in [3.8, 4) is 17.0 Å². The second-order valence-corrected chi connectivity index (χ2v) is 4.81. The molecule has 0 saturated heterocycles. The highest BCUT2D eigenvalue weighted by atomic mass is 16.3. The highest BCUT2D eigenvalue weighted by Gasteiger charge is 2.07. The molecule has 0 radical (unpaired) electrons. The van der Waals surface area contributed by atoms with Gasteiger partial charge in [0.2, 0.25) is 0 Å². The Labute approximate surface area is 112 Å². The zero-order valence-electron chi connectivity index (χ0n) is 11.1. The highest BCUT2D eigenvalue weighted by Crippen LogP contribution is 2.24. The Bertz CT molecular complexity index is 569. The molecule has 1 aromatic carbocycles. The SMILES string of the molecule is CC(C)CNc1nc(-c2cccc(O)c2)cnc1N. The smallest absolute Gasteiger partial charge is 0.169 e. The number of phenolic OH excluding ortho intramolecular Hbond substituents is 1. The molecule has 4 N–H and O–H groups in total. The molecule has 100 valence electrons. The second-order valence-electron chi connectivity index (χ2n) is 4.81. The summed E-state index contributed by atoms with van der Waals surface area (Å²) in [6, 6.07) is 6.90. The predicted molar refractivity (Wildman–Crippen MR) is 76.9 cm³/mol. The first-order chi connectivity index (χ1) is 9.06. The van der Waals surface area contributed by atoms with Crippen LogP contribution in [0.5, 0.6) is 5.75 Å². The molecule has 0 aliphatic heterocycles. The zero-order valence-corrected chi connectivity index (χ0v) is 11.1. The number of rotatable bonds is 4. The first-order valence-electron chi connectivity index (χ1n) is 6.22. The summed E-state index contributed by atoms with van der Waals surface area (Å²) in [5.74, 6) is 1.65. The lowest BCUT2D eigenvalue weighted by Gasteiger charge is -2.11. The average molecular weight is 258 g/mol. The van der Waals surface area contributed by atoms with E-state index in [1.807, 2.05) is 6.07 Å². The van der Waals surface area contributed by atoms with Gasteiger partial charge in [-0.05, 0) is 18.1 Å². The lowest BCUT2D eigenvalue weighted by Crippen LogP contribution is -2.12. The van der Waals surface area contributed by atoms with E-state index in [2.05, 4.69) is 29.1 Å². The molecular formula is C14H18N4O. The molecule has 0 fully saturated rings. The number of nitrogens with two attached hydrogens (primary N) is 1. The van der Waals surface area contributed by atoms with Crippen molar-refractivity contribution in [1.29, 1.82) is 0 Å². The van der Waals surface area contributed by atoms with Crippen molar-refractivity contribution in [2.24, 2.45) is 5.92 Å². The fourth-order valence-corrected chi connectivity index (χ4v) is 1.63. The van der Waals surface area contributed by atoms with Gasteiger partial charge in [-0.2, -0.15) is 0 Å². The molecule has 0 atom stereocenters. The molecule has 0 bridgehead atoms. The van der Waals surface area contributed by atoms with Crippen LogP contribution in [-0.2, 0) is 0 Å². The molecule has 0 amide bonds. The van der Waals surface area contributed by atoms with E-state index in [-0.39, 0.29) is 5.75 Å². The van der Waals surface area contributed by atoms with E-state index in [4.69, 9.17) is 5.73 Å². The molecule has 19 heavy (non-hydrogen) atoms. The number of hydrogen-bond donors (Lipinski definition) is 3. The summed E-state index contributed by atoms with van der Waals surface area (Å²) < 4.78 is 0. The molecule has 5 heteroatoms. The lowest BCUT2D eigenvalue weighted by atomic mass is 10.1. The van der Waals surface area contributed by atoms with Crippen molar-refractivity contribution in [3.05, 3.63) is 30.5 Å². The minimum absolute atomic E-state index is 0.202. The van der Waals surface area contributed by atoms with Gasteiger partial charge in [0.25, 0.3) is 0 Å². The summed E-state index contributed by atoms with van der Waals surface area (Å²) in [6.45, 7) is 4.99. The number of aromatic nitrogens is 2. The third-order valence-corrected chi connectivity index (χ3v) is 2.62. The van der Waals surface area contributed by atoms with E-state index in [0.29, 0.717) is 23.2 Å². The number of nitrogens with zero attached hydrogens (tertiary/aromatic N) is 2. The molecular weight excluding hydrogens is 240 g/mol. The van der Waals surface area contributed by atoms with Crippen LogP contribution in [0.1, 0.15) is 13.8 Å². The van der Waals surface area contributed by atoms with Crippen molar-refractivity contribution < 1.29 is 5.11 Å². The van der Waals surface area contributed by atoms with Gasteiger partial charge in [0.15, 0.2) is 11.6 Å². The zero-order chi connectivity index (χ0) is 13.8. The molecule has 2 aromatic rings. The predicted octanol–water partition coefficient (Wildman–Crippen LogP) is 2.50. The van der Waals surface area contributed by atoms with Crippen LogP contribution in [0.3, 0.4) is 0 Å². The topological polar surface area (TPSA) is 84.1 Å². The van der Waals surface area contributed by atoms with Gasteiger partial charge in [-0.3, -0.25) is 0 Å². The quantitative estimate of drug-likeness (QED) is 0.784. The van der Waals surface area contributed by atoms with Gasteiger partial charge in [0, 0.05) is 12.1 Å². The van der Waals surface area contributed by atoms with Crippen LogP contribution in [0.2, 0.25) is 0 Å². The lowest BCUT2D eigenvalue weighted by molar-refractivity contribution is 0.475. The molecule has 0 spiro atoms. The molecule has 1 aromatic heterocycles. The van der Waals surface area contributed by atoms with Gasteiger partial charge in [-0.25, -0.2) is 9.97 Å². The van der Waals surface area contributed by atoms with E-state index in [1.165, 1.54) is 0 Å². The third-order valence-electron chi connectivity index (χ3n) is 2.62. The maximum atomic E-state index is 9.49. The standard InChI is InChI=1S/C14H18N4O/c1-9(2)7-17-14-13(15)16-8-12(18-14)10-4-3-5-11(19)6-10/h3-6,8-9,19H,7H2,1-2H3,(H2,15,16)(H,17,18). The maximum Gasteiger partial charge on any atom is 0.169 e. The Morgan fingerprint density at radius 3 is 2.84 bits per heavy atom. The van der Waals surface area contributed by atoms with Crippen LogP contribution >= 0.6 is 0 Å². The first kappa shape index (κ1) is 13.1. The third kappa shape index (κ3) is 3.34. The van der Waals surface area contributed by atoms with Crippen LogP contribution in [-0.4, -0.2) is 21.6 Å². The van der Waals surface area contributed by atoms with E-state index in [0.717, 1.165) is 12.1 Å². The van der Waals surface area contributed by atoms with Crippen LogP contribution in [0.4, 0.5) is 11.6 Å².